The molecule has 1 fully saturated rings. The molecule has 0 saturated carbocycles. The van der Waals surface area contributed by atoms with Crippen LogP contribution in [0.2, 0.25) is 5.02 Å². The minimum absolute atomic E-state index is 0.197. The van der Waals surface area contributed by atoms with Crippen molar-refractivity contribution < 1.29 is 15.0 Å². The zero-order valence-corrected chi connectivity index (χ0v) is 13.8. The second-order valence-corrected chi connectivity index (χ2v) is 6.03. The highest BCUT2D eigenvalue weighted by Gasteiger charge is 2.24. The minimum Gasteiger partial charge on any atom is -0.504 e. The smallest absolute Gasteiger partial charge is 0.197 e. The molecular formula is C18H17ClN2O3. The monoisotopic (exact) mass is 344 g/mol. The van der Waals surface area contributed by atoms with Crippen molar-refractivity contribution in [3.8, 4) is 11.5 Å². The average Bonchev–Trinajstić information content (AvgIpc) is 3.07. The molecule has 5 nitrogen and oxygen atoms in total. The maximum absolute atomic E-state index is 13.1. The Morgan fingerprint density at radius 3 is 2.25 bits per heavy atom. The van der Waals surface area contributed by atoms with Gasteiger partial charge >= 0.3 is 0 Å². The van der Waals surface area contributed by atoms with Crippen LogP contribution >= 0.6 is 11.6 Å². The Bertz CT molecular complexity index is 821. The first-order valence-electron chi connectivity index (χ1n) is 7.52. The third-order valence-corrected chi connectivity index (χ3v) is 4.15. The highest BCUT2D eigenvalue weighted by Crippen LogP contribution is 2.34. The van der Waals surface area contributed by atoms with Crippen molar-refractivity contribution in [2.24, 2.45) is 0 Å². The molecule has 0 unspecified atom stereocenters. The molecule has 1 aliphatic rings. The predicted molar refractivity (Wildman–Crippen MR) is 93.2 cm³/mol. The van der Waals surface area contributed by atoms with Crippen molar-refractivity contribution in [2.75, 3.05) is 13.1 Å². The Balaban J connectivity index is 2.15. The van der Waals surface area contributed by atoms with E-state index in [-0.39, 0.29) is 17.3 Å². The topological polar surface area (TPSA) is 81.6 Å². The first kappa shape index (κ1) is 16.2. The van der Waals surface area contributed by atoms with Crippen molar-refractivity contribution in [3.05, 3.63) is 63.9 Å². The summed E-state index contributed by atoms with van der Waals surface area (Å²) in [6.07, 6.45) is 0. The highest BCUT2D eigenvalue weighted by molar-refractivity contribution is 6.32. The first-order chi connectivity index (χ1) is 11.5. The number of rotatable bonds is 3. The van der Waals surface area contributed by atoms with Crippen molar-refractivity contribution in [2.45, 2.75) is 6.92 Å². The molecule has 6 heteroatoms. The molecule has 0 aliphatic carbocycles. The largest absolute Gasteiger partial charge is 0.504 e. The molecular weight excluding hydrogens is 328 g/mol. The van der Waals surface area contributed by atoms with Crippen LogP contribution in [0, 0.1) is 6.92 Å². The van der Waals surface area contributed by atoms with Gasteiger partial charge in [0.1, 0.15) is 5.82 Å². The fourth-order valence-electron chi connectivity index (χ4n) is 2.68. The summed E-state index contributed by atoms with van der Waals surface area (Å²) in [5, 5.41) is 26.4. The lowest BCUT2D eigenvalue weighted by atomic mass is 9.93. The van der Waals surface area contributed by atoms with Gasteiger partial charge in [-0.1, -0.05) is 11.6 Å². The van der Waals surface area contributed by atoms with Crippen LogP contribution in [0.5, 0.6) is 11.5 Å². The molecule has 2 aromatic rings. The summed E-state index contributed by atoms with van der Waals surface area (Å²) in [6.45, 7) is 3.19. The number of carbonyl (C=O) groups is 1. The fourth-order valence-corrected chi connectivity index (χ4v) is 2.81. The molecule has 0 bridgehead atoms. The second-order valence-electron chi connectivity index (χ2n) is 5.60. The average molecular weight is 345 g/mol. The van der Waals surface area contributed by atoms with Crippen LogP contribution in [0.15, 0.2) is 42.2 Å². The molecule has 3 rings (SSSR count). The SMILES string of the molecule is Cc1cc(O)c(O)cc1C(C(=O)c1ccc(Cl)cc1)=C1NCCN1. The normalized spacial score (nSPS) is 13.3. The molecule has 0 spiro atoms. The molecule has 0 amide bonds. The molecule has 0 radical (unpaired) electrons. The van der Waals surface area contributed by atoms with Crippen LogP contribution in [-0.4, -0.2) is 29.1 Å². The molecule has 124 valence electrons. The molecule has 1 aliphatic heterocycles. The van der Waals surface area contributed by atoms with Crippen LogP contribution in [0.25, 0.3) is 5.57 Å². The quantitative estimate of drug-likeness (QED) is 0.391. The van der Waals surface area contributed by atoms with E-state index in [1.165, 1.54) is 12.1 Å². The zero-order chi connectivity index (χ0) is 17.3. The number of phenols is 2. The molecule has 0 atom stereocenters. The number of aryl methyl sites for hydroxylation is 1. The number of Topliss-reactive ketones (excluding diaryl/α,β-unsaturated/α-hetero) is 1. The van der Waals surface area contributed by atoms with E-state index in [1.54, 1.807) is 31.2 Å². The van der Waals surface area contributed by atoms with Gasteiger partial charge in [-0.15, -0.1) is 0 Å². The van der Waals surface area contributed by atoms with Gasteiger partial charge in [-0.25, -0.2) is 0 Å². The molecule has 2 aromatic carbocycles. The lowest BCUT2D eigenvalue weighted by Crippen LogP contribution is -2.18. The van der Waals surface area contributed by atoms with E-state index in [0.717, 1.165) is 0 Å². The number of ketones is 1. The maximum atomic E-state index is 13.1. The molecule has 24 heavy (non-hydrogen) atoms. The third kappa shape index (κ3) is 3.03. The van der Waals surface area contributed by atoms with Crippen molar-refractivity contribution in [1.29, 1.82) is 0 Å². The standard InChI is InChI=1S/C18H17ClN2O3/c1-10-8-14(22)15(23)9-13(10)16(18-20-6-7-21-18)17(24)11-2-4-12(19)5-3-11/h2-5,8-9,20-23H,6-7H2,1H3. The molecule has 4 N–H and O–H groups in total. The van der Waals surface area contributed by atoms with E-state index in [4.69, 9.17) is 11.6 Å². The summed E-state index contributed by atoms with van der Waals surface area (Å²) < 4.78 is 0. The lowest BCUT2D eigenvalue weighted by molar-refractivity contribution is 0.105. The van der Waals surface area contributed by atoms with Crippen LogP contribution in [0.3, 0.4) is 0 Å². The van der Waals surface area contributed by atoms with E-state index < -0.39 is 0 Å². The van der Waals surface area contributed by atoms with E-state index in [2.05, 4.69) is 10.6 Å². The summed E-state index contributed by atoms with van der Waals surface area (Å²) in [7, 11) is 0. The summed E-state index contributed by atoms with van der Waals surface area (Å²) in [4.78, 5) is 13.1. The van der Waals surface area contributed by atoms with E-state index in [9.17, 15) is 15.0 Å². The highest BCUT2D eigenvalue weighted by atomic mass is 35.5. The molecule has 1 saturated heterocycles. The van der Waals surface area contributed by atoms with Crippen LogP contribution in [-0.2, 0) is 0 Å². The second kappa shape index (κ2) is 6.45. The number of hydrogen-bond donors (Lipinski definition) is 4. The summed E-state index contributed by atoms with van der Waals surface area (Å²) in [5.41, 5.74) is 2.15. The fraction of sp³-hybridized carbons (Fsp3) is 0.167. The molecule has 1 heterocycles. The Morgan fingerprint density at radius 1 is 1.04 bits per heavy atom. The minimum atomic E-state index is -0.268. The third-order valence-electron chi connectivity index (χ3n) is 3.90. The zero-order valence-electron chi connectivity index (χ0n) is 13.1. The van der Waals surface area contributed by atoms with Gasteiger partial charge < -0.3 is 20.8 Å². The van der Waals surface area contributed by atoms with Crippen molar-refractivity contribution in [1.82, 2.24) is 10.6 Å². The van der Waals surface area contributed by atoms with E-state index >= 15 is 0 Å². The predicted octanol–water partition coefficient (Wildman–Crippen LogP) is 2.80. The summed E-state index contributed by atoms with van der Waals surface area (Å²) in [6, 6.07) is 9.49. The Labute approximate surface area is 144 Å². The van der Waals surface area contributed by atoms with E-state index in [1.807, 2.05) is 0 Å². The number of benzene rings is 2. The maximum Gasteiger partial charge on any atom is 0.197 e. The van der Waals surface area contributed by atoms with Gasteiger partial charge in [0.2, 0.25) is 0 Å². The Hall–Kier alpha value is -2.66. The number of aromatic hydroxyl groups is 2. The van der Waals surface area contributed by atoms with Gasteiger partial charge in [-0.05, 0) is 54.4 Å². The van der Waals surface area contributed by atoms with Gasteiger partial charge in [-0.3, -0.25) is 4.79 Å². The summed E-state index contributed by atoms with van der Waals surface area (Å²) in [5.74, 6) is -0.0672. The first-order valence-corrected chi connectivity index (χ1v) is 7.90. The number of allylic oxidation sites excluding steroid dienone is 1. The number of phenolic OH excluding ortho intramolecular Hbond substituents is 2. The number of hydrogen-bond acceptors (Lipinski definition) is 5. The van der Waals surface area contributed by atoms with Crippen molar-refractivity contribution >= 4 is 23.0 Å². The van der Waals surface area contributed by atoms with Gasteiger partial charge in [0, 0.05) is 23.7 Å². The summed E-state index contributed by atoms with van der Waals surface area (Å²) >= 11 is 5.89. The van der Waals surface area contributed by atoms with Gasteiger partial charge in [0.25, 0.3) is 0 Å². The number of carbonyl (C=O) groups excluding carboxylic acids is 1. The van der Waals surface area contributed by atoms with Crippen LogP contribution in [0.1, 0.15) is 21.5 Å². The number of halogens is 1. The number of nitrogens with one attached hydrogen (secondary N) is 2. The van der Waals surface area contributed by atoms with Gasteiger partial charge in [0.05, 0.1) is 5.57 Å². The van der Waals surface area contributed by atoms with Gasteiger partial charge in [0.15, 0.2) is 17.3 Å². The van der Waals surface area contributed by atoms with Crippen LogP contribution in [0.4, 0.5) is 0 Å². The van der Waals surface area contributed by atoms with Gasteiger partial charge in [-0.2, -0.15) is 0 Å². The Kier molecular flexibility index (Phi) is 4.36. The molecule has 0 aromatic heterocycles. The van der Waals surface area contributed by atoms with Crippen LogP contribution < -0.4 is 10.6 Å². The Morgan fingerprint density at radius 2 is 1.62 bits per heavy atom. The van der Waals surface area contributed by atoms with E-state index in [0.29, 0.717) is 46.2 Å². The lowest BCUT2D eigenvalue weighted by Gasteiger charge is -2.15. The van der Waals surface area contributed by atoms with Crippen molar-refractivity contribution in [3.63, 3.8) is 0 Å².